The zero-order chi connectivity index (χ0) is 14.0. The van der Waals surface area contributed by atoms with Crippen LogP contribution in [-0.4, -0.2) is 14.7 Å². The van der Waals surface area contributed by atoms with Crippen LogP contribution in [0.25, 0.3) is 0 Å². The normalized spacial score (nSPS) is 10.4. The van der Waals surface area contributed by atoms with E-state index in [4.69, 9.17) is 5.73 Å². The molecule has 0 radical (unpaired) electrons. The summed E-state index contributed by atoms with van der Waals surface area (Å²) < 4.78 is 1.29. The Hall–Kier alpha value is -2.70. The summed E-state index contributed by atoms with van der Waals surface area (Å²) in [6.07, 6.45) is 0. The molecule has 7 heteroatoms. The maximum atomic E-state index is 11.6. The van der Waals surface area contributed by atoms with Gasteiger partial charge in [0.05, 0.1) is 17.2 Å². The van der Waals surface area contributed by atoms with E-state index in [1.165, 1.54) is 22.9 Å². The van der Waals surface area contributed by atoms with Gasteiger partial charge < -0.3 is 5.73 Å². The third-order valence-corrected chi connectivity index (χ3v) is 2.62. The van der Waals surface area contributed by atoms with Crippen LogP contribution in [0.5, 0.6) is 0 Å². The summed E-state index contributed by atoms with van der Waals surface area (Å²) in [5.74, 6) is 0. The second-order valence-electron chi connectivity index (χ2n) is 4.12. The first-order valence-corrected chi connectivity index (χ1v) is 5.55. The minimum absolute atomic E-state index is 0.0724. The van der Waals surface area contributed by atoms with Crippen molar-refractivity contribution in [1.82, 2.24) is 9.78 Å². The molecular formula is C12H12N4O3. The van der Waals surface area contributed by atoms with Crippen molar-refractivity contribution in [1.29, 1.82) is 0 Å². The van der Waals surface area contributed by atoms with E-state index in [2.05, 4.69) is 5.10 Å². The van der Waals surface area contributed by atoms with Gasteiger partial charge in [0.15, 0.2) is 0 Å². The molecule has 2 rings (SSSR count). The highest BCUT2D eigenvalue weighted by Crippen LogP contribution is 2.22. The molecule has 0 aliphatic heterocycles. The Balaban J connectivity index is 2.34. The fourth-order valence-corrected chi connectivity index (χ4v) is 1.71. The maximum absolute atomic E-state index is 11.6. The number of nitro groups is 1. The molecule has 1 heterocycles. The van der Waals surface area contributed by atoms with Gasteiger partial charge in [-0.1, -0.05) is 6.07 Å². The van der Waals surface area contributed by atoms with Gasteiger partial charge in [0, 0.05) is 12.1 Å². The van der Waals surface area contributed by atoms with Gasteiger partial charge in [-0.05, 0) is 24.6 Å². The smallest absolute Gasteiger partial charge is 0.292 e. The standard InChI is InChI=1S/C12H12N4O3/c1-8-2-5-12(17)15(14-8)7-9-3-4-11(16(18)19)10(13)6-9/h2-6H,7,13H2,1H3. The molecule has 19 heavy (non-hydrogen) atoms. The topological polar surface area (TPSA) is 104 Å². The van der Waals surface area contributed by atoms with Gasteiger partial charge >= 0.3 is 0 Å². The second-order valence-corrected chi connectivity index (χ2v) is 4.12. The van der Waals surface area contributed by atoms with Gasteiger partial charge in [0.2, 0.25) is 0 Å². The molecule has 2 N–H and O–H groups in total. The van der Waals surface area contributed by atoms with E-state index in [0.29, 0.717) is 5.56 Å². The molecule has 0 saturated heterocycles. The van der Waals surface area contributed by atoms with E-state index < -0.39 is 4.92 Å². The van der Waals surface area contributed by atoms with Crippen LogP contribution in [0.15, 0.2) is 35.1 Å². The van der Waals surface area contributed by atoms with Crippen LogP contribution in [0.3, 0.4) is 0 Å². The number of aryl methyl sites for hydroxylation is 1. The van der Waals surface area contributed by atoms with E-state index >= 15 is 0 Å². The molecule has 0 saturated carbocycles. The van der Waals surface area contributed by atoms with Crippen molar-refractivity contribution in [2.24, 2.45) is 0 Å². The lowest BCUT2D eigenvalue weighted by Gasteiger charge is -2.06. The van der Waals surface area contributed by atoms with Crippen LogP contribution < -0.4 is 11.3 Å². The van der Waals surface area contributed by atoms with E-state index in [1.807, 2.05) is 0 Å². The predicted octanol–water partition coefficient (Wildman–Crippen LogP) is 1.09. The SMILES string of the molecule is Cc1ccc(=O)n(Cc2ccc([N+](=O)[O-])c(N)c2)n1. The lowest BCUT2D eigenvalue weighted by molar-refractivity contribution is -0.383. The molecule has 1 aromatic carbocycles. The monoisotopic (exact) mass is 260 g/mol. The molecule has 0 aliphatic carbocycles. The fourth-order valence-electron chi connectivity index (χ4n) is 1.71. The molecule has 0 unspecified atom stereocenters. The van der Waals surface area contributed by atoms with Crippen molar-refractivity contribution < 1.29 is 4.92 Å². The molecule has 0 amide bonds. The third-order valence-electron chi connectivity index (χ3n) is 2.62. The highest BCUT2D eigenvalue weighted by atomic mass is 16.6. The lowest BCUT2D eigenvalue weighted by Crippen LogP contribution is -2.23. The van der Waals surface area contributed by atoms with E-state index in [9.17, 15) is 14.9 Å². The molecule has 1 aromatic heterocycles. The summed E-state index contributed by atoms with van der Waals surface area (Å²) >= 11 is 0. The van der Waals surface area contributed by atoms with Crippen molar-refractivity contribution in [2.45, 2.75) is 13.5 Å². The zero-order valence-electron chi connectivity index (χ0n) is 10.2. The average molecular weight is 260 g/mol. The van der Waals surface area contributed by atoms with E-state index in [-0.39, 0.29) is 23.5 Å². The van der Waals surface area contributed by atoms with Crippen molar-refractivity contribution in [3.8, 4) is 0 Å². The summed E-state index contributed by atoms with van der Waals surface area (Å²) in [6, 6.07) is 7.42. The molecule has 0 bridgehead atoms. The number of rotatable bonds is 3. The Labute approximate surface area is 108 Å². The molecule has 0 aliphatic rings. The number of nitrogens with two attached hydrogens (primary N) is 1. The third kappa shape index (κ3) is 2.76. The van der Waals surface area contributed by atoms with Crippen LogP contribution in [0, 0.1) is 17.0 Å². The molecule has 7 nitrogen and oxygen atoms in total. The number of nitro benzene ring substituents is 1. The van der Waals surface area contributed by atoms with Crippen LogP contribution >= 0.6 is 0 Å². The van der Waals surface area contributed by atoms with Gasteiger partial charge in [-0.2, -0.15) is 5.10 Å². The Morgan fingerprint density at radius 1 is 1.37 bits per heavy atom. The first-order chi connectivity index (χ1) is 8.97. The molecule has 98 valence electrons. The van der Waals surface area contributed by atoms with E-state index in [0.717, 1.165) is 5.69 Å². The van der Waals surface area contributed by atoms with Gasteiger partial charge in [-0.15, -0.1) is 0 Å². The molecule has 0 fully saturated rings. The lowest BCUT2D eigenvalue weighted by atomic mass is 10.2. The number of hydrogen-bond donors (Lipinski definition) is 1. The first kappa shape index (κ1) is 12.7. The molecule has 2 aromatic rings. The van der Waals surface area contributed by atoms with Crippen molar-refractivity contribution >= 4 is 11.4 Å². The Morgan fingerprint density at radius 2 is 2.11 bits per heavy atom. The summed E-state index contributed by atoms with van der Waals surface area (Å²) in [5.41, 5.74) is 6.69. The van der Waals surface area contributed by atoms with Crippen LogP contribution in [0.1, 0.15) is 11.3 Å². The number of anilines is 1. The second kappa shape index (κ2) is 4.89. The maximum Gasteiger partial charge on any atom is 0.292 e. The largest absolute Gasteiger partial charge is 0.393 e. The average Bonchev–Trinajstić information content (AvgIpc) is 2.33. The number of benzene rings is 1. The quantitative estimate of drug-likeness (QED) is 0.505. The fraction of sp³-hybridized carbons (Fsp3) is 0.167. The molecule has 0 spiro atoms. The van der Waals surface area contributed by atoms with Crippen LogP contribution in [0.4, 0.5) is 11.4 Å². The summed E-state index contributed by atoms with van der Waals surface area (Å²) in [6.45, 7) is 2.00. The Bertz CT molecular complexity index is 694. The number of nitrogen functional groups attached to an aromatic ring is 1. The van der Waals surface area contributed by atoms with Gasteiger partial charge in [-0.25, -0.2) is 4.68 Å². The first-order valence-electron chi connectivity index (χ1n) is 5.55. The molecular weight excluding hydrogens is 248 g/mol. The Kier molecular flexibility index (Phi) is 3.28. The Morgan fingerprint density at radius 3 is 2.74 bits per heavy atom. The highest BCUT2D eigenvalue weighted by molar-refractivity contribution is 5.59. The van der Waals surface area contributed by atoms with Crippen molar-refractivity contribution in [3.63, 3.8) is 0 Å². The van der Waals surface area contributed by atoms with E-state index in [1.54, 1.807) is 19.1 Å². The molecule has 0 atom stereocenters. The zero-order valence-corrected chi connectivity index (χ0v) is 10.2. The van der Waals surface area contributed by atoms with Gasteiger partial charge in [0.1, 0.15) is 5.69 Å². The van der Waals surface area contributed by atoms with Crippen molar-refractivity contribution in [3.05, 3.63) is 62.1 Å². The summed E-state index contributed by atoms with van der Waals surface area (Å²) in [7, 11) is 0. The number of hydrogen-bond acceptors (Lipinski definition) is 5. The predicted molar refractivity (Wildman–Crippen MR) is 69.8 cm³/mol. The van der Waals surface area contributed by atoms with Crippen molar-refractivity contribution in [2.75, 3.05) is 5.73 Å². The summed E-state index contributed by atoms with van der Waals surface area (Å²) in [4.78, 5) is 21.7. The number of aromatic nitrogens is 2. The van der Waals surface area contributed by atoms with Gasteiger partial charge in [0.25, 0.3) is 11.2 Å². The minimum atomic E-state index is -0.545. The summed E-state index contributed by atoms with van der Waals surface area (Å²) in [5, 5.41) is 14.7. The van der Waals surface area contributed by atoms with Crippen LogP contribution in [-0.2, 0) is 6.54 Å². The minimum Gasteiger partial charge on any atom is -0.393 e. The number of nitrogens with zero attached hydrogens (tertiary/aromatic N) is 3. The highest BCUT2D eigenvalue weighted by Gasteiger charge is 2.11. The van der Waals surface area contributed by atoms with Gasteiger partial charge in [-0.3, -0.25) is 14.9 Å². The van der Waals surface area contributed by atoms with Crippen LogP contribution in [0.2, 0.25) is 0 Å².